The number of methoxy groups -OCH3 is 2. The number of amides is 1. The fourth-order valence-corrected chi connectivity index (χ4v) is 2.04. The van der Waals surface area contributed by atoms with Gasteiger partial charge in [-0.1, -0.05) is 6.07 Å². The van der Waals surface area contributed by atoms with E-state index in [0.29, 0.717) is 28.7 Å². The molecule has 0 spiro atoms. The normalized spacial score (nSPS) is 10.5. The molecule has 0 atom stereocenters. The smallest absolute Gasteiger partial charge is 0.258 e. The zero-order chi connectivity index (χ0) is 15.5. The lowest BCUT2D eigenvalue weighted by atomic mass is 10.2. The van der Waals surface area contributed by atoms with E-state index in [2.05, 4.69) is 15.5 Å². The Hall–Kier alpha value is -3.09. The topological polar surface area (TPSA) is 77.8 Å². The number of carbonyl (C=O) groups is 1. The lowest BCUT2D eigenvalue weighted by molar-refractivity contribution is 0.102. The highest BCUT2D eigenvalue weighted by Gasteiger charge is 2.13. The number of hydrogen-bond acceptors (Lipinski definition) is 5. The number of nitrogens with zero attached hydrogens (tertiary/aromatic N) is 3. The van der Waals surface area contributed by atoms with Crippen molar-refractivity contribution in [3.05, 3.63) is 48.2 Å². The number of carbonyl (C=O) groups excluding carboxylic acids is 1. The summed E-state index contributed by atoms with van der Waals surface area (Å²) in [4.78, 5) is 12.4. The van der Waals surface area contributed by atoms with Crippen LogP contribution in [-0.2, 0) is 0 Å². The quantitative estimate of drug-likeness (QED) is 0.797. The van der Waals surface area contributed by atoms with Gasteiger partial charge in [0.2, 0.25) is 5.95 Å². The molecule has 0 bridgehead atoms. The molecule has 112 valence electrons. The fraction of sp³-hybridized carbons (Fsp3) is 0.133. The second kappa shape index (κ2) is 5.72. The average Bonchev–Trinajstić information content (AvgIpc) is 2.97. The van der Waals surface area contributed by atoms with Crippen LogP contribution < -0.4 is 14.8 Å². The molecule has 22 heavy (non-hydrogen) atoms. The third-order valence-corrected chi connectivity index (χ3v) is 3.15. The number of aromatic nitrogens is 3. The number of nitrogens with one attached hydrogen (secondary N) is 1. The van der Waals surface area contributed by atoms with Crippen LogP contribution in [0.5, 0.6) is 11.5 Å². The maximum absolute atomic E-state index is 12.4. The first-order valence-electron chi connectivity index (χ1n) is 6.55. The highest BCUT2D eigenvalue weighted by atomic mass is 16.5. The zero-order valence-electron chi connectivity index (χ0n) is 12.1. The van der Waals surface area contributed by atoms with Gasteiger partial charge in [-0.25, -0.2) is 0 Å². The summed E-state index contributed by atoms with van der Waals surface area (Å²) in [6.07, 6.45) is 1.77. The lowest BCUT2D eigenvalue weighted by Crippen LogP contribution is -2.14. The minimum absolute atomic E-state index is 0.324. The van der Waals surface area contributed by atoms with Gasteiger partial charge in [0.15, 0.2) is 5.65 Å². The van der Waals surface area contributed by atoms with E-state index in [1.54, 1.807) is 34.9 Å². The molecule has 0 unspecified atom stereocenters. The molecular weight excluding hydrogens is 284 g/mol. The molecule has 3 aromatic rings. The number of hydrogen-bond donors (Lipinski definition) is 1. The number of fused-ring (bicyclic) bond motifs is 1. The summed E-state index contributed by atoms with van der Waals surface area (Å²) in [7, 11) is 3.06. The predicted octanol–water partition coefficient (Wildman–Crippen LogP) is 2.00. The molecule has 0 aliphatic carbocycles. The van der Waals surface area contributed by atoms with Crippen molar-refractivity contribution < 1.29 is 14.3 Å². The summed E-state index contributed by atoms with van der Waals surface area (Å²) >= 11 is 0. The first-order chi connectivity index (χ1) is 10.7. The zero-order valence-corrected chi connectivity index (χ0v) is 12.1. The van der Waals surface area contributed by atoms with Gasteiger partial charge in [0.1, 0.15) is 11.5 Å². The Labute approximate surface area is 126 Å². The molecule has 1 N–H and O–H groups in total. The van der Waals surface area contributed by atoms with Gasteiger partial charge < -0.3 is 9.47 Å². The highest BCUT2D eigenvalue weighted by molar-refractivity contribution is 6.04. The first-order valence-corrected chi connectivity index (χ1v) is 6.55. The van der Waals surface area contributed by atoms with Crippen molar-refractivity contribution in [3.63, 3.8) is 0 Å². The third kappa shape index (κ3) is 2.56. The van der Waals surface area contributed by atoms with Crippen LogP contribution in [0.4, 0.5) is 5.95 Å². The summed E-state index contributed by atoms with van der Waals surface area (Å²) in [6.45, 7) is 0. The largest absolute Gasteiger partial charge is 0.497 e. The molecule has 7 nitrogen and oxygen atoms in total. The van der Waals surface area contributed by atoms with Crippen LogP contribution in [0.1, 0.15) is 10.4 Å². The Morgan fingerprint density at radius 3 is 2.50 bits per heavy atom. The van der Waals surface area contributed by atoms with E-state index in [4.69, 9.17) is 9.47 Å². The second-order valence-electron chi connectivity index (χ2n) is 4.51. The van der Waals surface area contributed by atoms with Crippen LogP contribution in [0.3, 0.4) is 0 Å². The van der Waals surface area contributed by atoms with Gasteiger partial charge in [0.05, 0.1) is 14.2 Å². The summed E-state index contributed by atoms with van der Waals surface area (Å²) in [5, 5.41) is 10.7. The van der Waals surface area contributed by atoms with Crippen LogP contribution in [0.15, 0.2) is 42.6 Å². The molecular formula is C15H14N4O3. The number of pyridine rings is 1. The molecule has 3 rings (SSSR count). The van der Waals surface area contributed by atoms with Crippen molar-refractivity contribution in [1.82, 2.24) is 14.6 Å². The van der Waals surface area contributed by atoms with Crippen molar-refractivity contribution in [3.8, 4) is 11.5 Å². The van der Waals surface area contributed by atoms with Crippen LogP contribution in [-0.4, -0.2) is 34.7 Å². The van der Waals surface area contributed by atoms with Crippen molar-refractivity contribution in [2.75, 3.05) is 19.5 Å². The lowest BCUT2D eigenvalue weighted by Gasteiger charge is -2.08. The van der Waals surface area contributed by atoms with Gasteiger partial charge in [-0.3, -0.25) is 14.5 Å². The van der Waals surface area contributed by atoms with Gasteiger partial charge in [0.25, 0.3) is 5.91 Å². The monoisotopic (exact) mass is 298 g/mol. The van der Waals surface area contributed by atoms with Gasteiger partial charge in [-0.15, -0.1) is 10.2 Å². The predicted molar refractivity (Wildman–Crippen MR) is 80.5 cm³/mol. The first kappa shape index (κ1) is 13.9. The Balaban J connectivity index is 1.91. The number of anilines is 1. The van der Waals surface area contributed by atoms with Crippen molar-refractivity contribution in [1.29, 1.82) is 0 Å². The number of benzene rings is 1. The van der Waals surface area contributed by atoms with Crippen molar-refractivity contribution in [2.45, 2.75) is 0 Å². The van der Waals surface area contributed by atoms with E-state index in [-0.39, 0.29) is 5.91 Å². The average molecular weight is 298 g/mol. The summed E-state index contributed by atoms with van der Waals surface area (Å²) in [5.74, 6) is 1.10. The van der Waals surface area contributed by atoms with Gasteiger partial charge >= 0.3 is 0 Å². The molecule has 0 aliphatic heterocycles. The van der Waals surface area contributed by atoms with E-state index in [1.807, 2.05) is 12.1 Å². The summed E-state index contributed by atoms with van der Waals surface area (Å²) in [6, 6.07) is 10.4. The van der Waals surface area contributed by atoms with E-state index in [0.717, 1.165) is 0 Å². The Kier molecular flexibility index (Phi) is 3.61. The standard InChI is InChI=1S/C15H14N4O3/c1-21-11-7-10(8-12(9-11)22-2)14(20)16-15-18-17-13-5-3-4-6-19(13)15/h3-9H,1-2H3,(H,16,18,20). The molecule has 0 aliphatic rings. The fourth-order valence-electron chi connectivity index (χ4n) is 2.04. The van der Waals surface area contributed by atoms with E-state index >= 15 is 0 Å². The molecule has 7 heteroatoms. The summed E-state index contributed by atoms with van der Waals surface area (Å²) in [5.41, 5.74) is 1.06. The number of ether oxygens (including phenoxy) is 2. The van der Waals surface area contributed by atoms with Crippen molar-refractivity contribution in [2.24, 2.45) is 0 Å². The van der Waals surface area contributed by atoms with Crippen LogP contribution in [0, 0.1) is 0 Å². The van der Waals surface area contributed by atoms with Gasteiger partial charge in [-0.2, -0.15) is 0 Å². The minimum Gasteiger partial charge on any atom is -0.497 e. The molecule has 0 saturated carbocycles. The van der Waals surface area contributed by atoms with Crippen LogP contribution in [0.2, 0.25) is 0 Å². The van der Waals surface area contributed by atoms with E-state index in [9.17, 15) is 4.79 Å². The highest BCUT2D eigenvalue weighted by Crippen LogP contribution is 2.23. The molecule has 2 aromatic heterocycles. The molecule has 1 aromatic carbocycles. The van der Waals surface area contributed by atoms with E-state index < -0.39 is 0 Å². The number of rotatable bonds is 4. The van der Waals surface area contributed by atoms with Crippen molar-refractivity contribution >= 4 is 17.5 Å². The molecule has 0 radical (unpaired) electrons. The molecule has 1 amide bonds. The third-order valence-electron chi connectivity index (χ3n) is 3.15. The molecule has 0 fully saturated rings. The Morgan fingerprint density at radius 2 is 1.82 bits per heavy atom. The SMILES string of the molecule is COc1cc(OC)cc(C(=O)Nc2nnc3ccccn23)c1. The molecule has 0 saturated heterocycles. The Bertz CT molecular complexity index is 806. The minimum atomic E-state index is -0.324. The molecule has 2 heterocycles. The van der Waals surface area contributed by atoms with Gasteiger partial charge in [-0.05, 0) is 24.3 Å². The summed E-state index contributed by atoms with van der Waals surface area (Å²) < 4.78 is 12.0. The van der Waals surface area contributed by atoms with E-state index in [1.165, 1.54) is 14.2 Å². The second-order valence-corrected chi connectivity index (χ2v) is 4.51. The van der Waals surface area contributed by atoms with Crippen LogP contribution >= 0.6 is 0 Å². The van der Waals surface area contributed by atoms with Crippen LogP contribution in [0.25, 0.3) is 5.65 Å². The maximum atomic E-state index is 12.4. The van der Waals surface area contributed by atoms with Gasteiger partial charge in [0, 0.05) is 17.8 Å². The maximum Gasteiger partial charge on any atom is 0.258 e. The Morgan fingerprint density at radius 1 is 1.09 bits per heavy atom.